The monoisotopic (exact) mass is 274 g/mol. The van der Waals surface area contributed by atoms with Crippen LogP contribution >= 0.6 is 11.3 Å². The lowest BCUT2D eigenvalue weighted by atomic mass is 10.0. The van der Waals surface area contributed by atoms with Gasteiger partial charge in [-0.2, -0.15) is 0 Å². The van der Waals surface area contributed by atoms with Crippen molar-refractivity contribution < 1.29 is 9.53 Å². The summed E-state index contributed by atoms with van der Waals surface area (Å²) in [6, 6.07) is 5.48. The van der Waals surface area contributed by atoms with E-state index in [0.717, 1.165) is 28.2 Å². The lowest BCUT2D eigenvalue weighted by Gasteiger charge is -2.07. The Kier molecular flexibility index (Phi) is 3.79. The first-order valence-electron chi connectivity index (χ1n) is 5.35. The highest BCUT2D eigenvalue weighted by atomic mass is 32.1. The summed E-state index contributed by atoms with van der Waals surface area (Å²) in [5.74, 6) is 0.120. The van der Waals surface area contributed by atoms with Crippen LogP contribution in [0.5, 0.6) is 5.75 Å². The molecular weight excluding hydrogens is 264 g/mol. The van der Waals surface area contributed by atoms with E-state index < -0.39 is 5.91 Å². The van der Waals surface area contributed by atoms with Crippen molar-refractivity contribution in [3.63, 3.8) is 0 Å². The molecule has 1 aromatic carbocycles. The van der Waals surface area contributed by atoms with Gasteiger partial charge in [-0.1, -0.05) is 0 Å². The van der Waals surface area contributed by atoms with Crippen LogP contribution in [0.15, 0.2) is 28.8 Å². The number of rotatable bonds is 3. The van der Waals surface area contributed by atoms with E-state index in [1.54, 1.807) is 18.7 Å². The van der Waals surface area contributed by atoms with Crippen molar-refractivity contribution in [1.29, 1.82) is 0 Å². The number of carbonyl (C=O) groups excluding carboxylic acids is 1. The highest BCUT2D eigenvalue weighted by molar-refractivity contribution is 7.12. The maximum absolute atomic E-state index is 11.7. The second-order valence-electron chi connectivity index (χ2n) is 3.71. The molecule has 0 radical (unpaired) electrons. The molecule has 2 aromatic rings. The zero-order chi connectivity index (χ0) is 13.8. The van der Waals surface area contributed by atoms with Crippen LogP contribution in [0.1, 0.15) is 15.2 Å². The van der Waals surface area contributed by atoms with Crippen molar-refractivity contribution in [2.75, 3.05) is 7.11 Å². The average molecular weight is 274 g/mol. The normalized spacial score (nSPS) is 9.79. The summed E-state index contributed by atoms with van der Waals surface area (Å²) >= 11 is 1.15. The van der Waals surface area contributed by atoms with Crippen molar-refractivity contribution in [1.82, 2.24) is 4.98 Å². The number of thiazole rings is 1. The van der Waals surface area contributed by atoms with Crippen LogP contribution in [0, 0.1) is 6.92 Å². The summed E-state index contributed by atoms with van der Waals surface area (Å²) in [4.78, 5) is 18.7. The number of hydrogen-bond donors (Lipinski definition) is 0. The maximum Gasteiger partial charge on any atom is 0.261 e. The van der Waals surface area contributed by atoms with Crippen molar-refractivity contribution in [2.45, 2.75) is 6.92 Å². The molecule has 0 N–H and O–H groups in total. The molecule has 0 spiro atoms. The first kappa shape index (κ1) is 13.1. The van der Waals surface area contributed by atoms with Crippen LogP contribution in [0.2, 0.25) is 0 Å². The molecule has 19 heavy (non-hydrogen) atoms. The number of aryl methyl sites for hydroxylation is 1. The summed E-state index contributed by atoms with van der Waals surface area (Å²) in [6.07, 6.45) is 0. The second-order valence-corrected chi connectivity index (χ2v) is 4.56. The third kappa shape index (κ3) is 2.57. The van der Waals surface area contributed by atoms with Gasteiger partial charge in [-0.15, -0.1) is 11.3 Å². The smallest absolute Gasteiger partial charge is 0.261 e. The fraction of sp³-hybridized carbons (Fsp3) is 0.167. The minimum Gasteiger partial charge on any atom is -0.497 e. The predicted molar refractivity (Wildman–Crippen MR) is 72.3 cm³/mol. The number of hydrogen-bond acceptors (Lipinski definition) is 4. The van der Waals surface area contributed by atoms with Crippen LogP contribution in [-0.2, 0) is 0 Å². The number of amides is 1. The molecule has 0 aliphatic rings. The molecule has 96 valence electrons. The van der Waals surface area contributed by atoms with Gasteiger partial charge >= 0.3 is 0 Å². The molecule has 0 aliphatic heterocycles. The predicted octanol–water partition coefficient (Wildman–Crippen LogP) is 3.58. The summed E-state index contributed by atoms with van der Waals surface area (Å²) in [6.45, 7) is 1.90. The van der Waals surface area contributed by atoms with E-state index in [9.17, 15) is 4.79 Å². The summed E-state index contributed by atoms with van der Waals surface area (Å²) in [5, 5.41) is 3.10. The summed E-state index contributed by atoms with van der Waals surface area (Å²) in [5.41, 5.74) is 12.2. The van der Waals surface area contributed by atoms with E-state index >= 15 is 0 Å². The Morgan fingerprint density at radius 2 is 2.32 bits per heavy atom. The first-order valence-corrected chi connectivity index (χ1v) is 6.23. The Balaban J connectivity index is 2.51. The second kappa shape index (κ2) is 5.51. The SMILES string of the molecule is COc1ccc(-c2ncsc2C(=O)N=[N+]=[N-])c(C)c1. The van der Waals surface area contributed by atoms with Crippen LogP contribution in [-0.4, -0.2) is 18.0 Å². The lowest BCUT2D eigenvalue weighted by Crippen LogP contribution is -1.95. The first-order chi connectivity index (χ1) is 9.17. The van der Waals surface area contributed by atoms with Gasteiger partial charge in [0.15, 0.2) is 0 Å². The number of aromatic nitrogens is 1. The van der Waals surface area contributed by atoms with E-state index in [-0.39, 0.29) is 0 Å². The molecule has 0 aliphatic carbocycles. The Morgan fingerprint density at radius 1 is 1.53 bits per heavy atom. The van der Waals surface area contributed by atoms with Crippen molar-refractivity contribution in [3.8, 4) is 17.0 Å². The van der Waals surface area contributed by atoms with E-state index in [4.69, 9.17) is 10.3 Å². The lowest BCUT2D eigenvalue weighted by molar-refractivity contribution is 0.100. The Hall–Kier alpha value is -2.37. The number of nitrogens with zero attached hydrogens (tertiary/aromatic N) is 4. The topological polar surface area (TPSA) is 88.0 Å². The van der Waals surface area contributed by atoms with Gasteiger partial charge in [0, 0.05) is 10.5 Å². The molecule has 0 saturated heterocycles. The molecule has 7 heteroatoms. The molecule has 2 rings (SSSR count). The van der Waals surface area contributed by atoms with Crippen LogP contribution in [0.3, 0.4) is 0 Å². The Morgan fingerprint density at radius 3 is 2.95 bits per heavy atom. The van der Waals surface area contributed by atoms with Crippen molar-refractivity contribution >= 4 is 17.2 Å². The van der Waals surface area contributed by atoms with Crippen molar-refractivity contribution in [2.24, 2.45) is 5.11 Å². The highest BCUT2D eigenvalue weighted by Crippen LogP contribution is 2.30. The van der Waals surface area contributed by atoms with Gasteiger partial charge in [-0.3, -0.25) is 4.79 Å². The quantitative estimate of drug-likeness (QED) is 0.486. The standard InChI is InChI=1S/C12H10N4O2S/c1-7-5-8(18-2)3-4-9(7)10-11(19-6-14-10)12(17)15-16-13/h3-6H,1-2H3. The number of azide groups is 1. The van der Waals surface area contributed by atoms with Gasteiger partial charge < -0.3 is 4.74 Å². The molecule has 0 atom stereocenters. The maximum atomic E-state index is 11.7. The molecule has 0 unspecified atom stereocenters. The van der Waals surface area contributed by atoms with Gasteiger partial charge in [0.05, 0.1) is 18.3 Å². The number of benzene rings is 1. The Labute approximate surface area is 113 Å². The Bertz CT molecular complexity index is 674. The molecule has 6 nitrogen and oxygen atoms in total. The zero-order valence-electron chi connectivity index (χ0n) is 10.3. The summed E-state index contributed by atoms with van der Waals surface area (Å²) in [7, 11) is 1.59. The minimum atomic E-state index is -0.616. The number of methoxy groups -OCH3 is 1. The molecule has 0 fully saturated rings. The fourth-order valence-electron chi connectivity index (χ4n) is 1.70. The van der Waals surface area contributed by atoms with E-state index in [1.807, 2.05) is 19.1 Å². The molecule has 0 saturated carbocycles. The van der Waals surface area contributed by atoms with Crippen molar-refractivity contribution in [3.05, 3.63) is 44.6 Å². The molecular formula is C12H10N4O2S. The third-order valence-corrected chi connectivity index (χ3v) is 3.40. The van der Waals surface area contributed by atoms with Gasteiger partial charge in [-0.25, -0.2) is 4.98 Å². The van der Waals surface area contributed by atoms with Crippen LogP contribution in [0.25, 0.3) is 21.7 Å². The van der Waals surface area contributed by atoms with Gasteiger partial charge in [0.25, 0.3) is 5.91 Å². The average Bonchev–Trinajstić information content (AvgIpc) is 2.88. The third-order valence-electron chi connectivity index (χ3n) is 2.59. The zero-order valence-corrected chi connectivity index (χ0v) is 11.1. The highest BCUT2D eigenvalue weighted by Gasteiger charge is 2.16. The van der Waals surface area contributed by atoms with E-state index in [1.165, 1.54) is 0 Å². The molecule has 0 bridgehead atoms. The van der Waals surface area contributed by atoms with Gasteiger partial charge in [0.2, 0.25) is 0 Å². The van der Waals surface area contributed by atoms with Crippen LogP contribution < -0.4 is 4.74 Å². The number of carbonyl (C=O) groups is 1. The fourth-order valence-corrected chi connectivity index (χ4v) is 2.38. The van der Waals surface area contributed by atoms with Crippen LogP contribution in [0.4, 0.5) is 0 Å². The van der Waals surface area contributed by atoms with Gasteiger partial charge in [0.1, 0.15) is 10.6 Å². The van der Waals surface area contributed by atoms with Gasteiger partial charge in [-0.05, 0) is 41.3 Å². The van der Waals surface area contributed by atoms with E-state index in [2.05, 4.69) is 15.0 Å². The largest absolute Gasteiger partial charge is 0.497 e. The molecule has 1 amide bonds. The number of ether oxygens (including phenoxy) is 1. The minimum absolute atomic E-state index is 0.339. The summed E-state index contributed by atoms with van der Waals surface area (Å²) < 4.78 is 5.13. The molecule has 1 aromatic heterocycles. The molecule has 1 heterocycles. The van der Waals surface area contributed by atoms with E-state index in [0.29, 0.717) is 10.6 Å².